The predicted octanol–water partition coefficient (Wildman–Crippen LogP) is 14.2. The molecule has 0 N–H and O–H groups in total. The van der Waals surface area contributed by atoms with E-state index in [1.165, 1.54) is 109 Å². The first-order valence-electron chi connectivity index (χ1n) is 29.2. The van der Waals surface area contributed by atoms with Crippen molar-refractivity contribution in [2.24, 2.45) is 0 Å². The molecule has 5 nitrogen and oxygen atoms in total. The van der Waals surface area contributed by atoms with E-state index in [9.17, 15) is 0 Å². The molecule has 0 amide bonds. The molecule has 0 bridgehead atoms. The van der Waals surface area contributed by atoms with Crippen molar-refractivity contribution in [3.63, 3.8) is 0 Å². The van der Waals surface area contributed by atoms with Gasteiger partial charge >= 0.3 is 503 Å². The quantitative estimate of drug-likeness (QED) is 0.134. The first-order valence-corrected chi connectivity index (χ1v) is 30.9. The summed E-state index contributed by atoms with van der Waals surface area (Å²) in [6, 6.07) is 102. The van der Waals surface area contributed by atoms with Crippen molar-refractivity contribution >= 4 is 155 Å². The fourth-order valence-electron chi connectivity index (χ4n) is 14.0. The average molecular weight is 1140 g/mol. The van der Waals surface area contributed by atoms with E-state index < -0.39 is 0 Å². The molecule has 4 aliphatic rings. The van der Waals surface area contributed by atoms with Crippen molar-refractivity contribution in [1.82, 2.24) is 0 Å². The van der Waals surface area contributed by atoms with Gasteiger partial charge in [-0.05, 0) is 0 Å². The molecule has 0 saturated heterocycles. The fourth-order valence-corrected chi connectivity index (χ4v) is 16.6. The van der Waals surface area contributed by atoms with Crippen molar-refractivity contribution in [1.29, 1.82) is 0 Å². The molecule has 16 rings (SSSR count). The average Bonchev–Trinajstić information content (AvgIpc) is 1.00. The number of fused-ring (bicyclic) bond motifs is 8. The second-order valence-corrected chi connectivity index (χ2v) is 24.9. The second-order valence-electron chi connectivity index (χ2n) is 22.6. The number of benzene rings is 12. The first-order chi connectivity index (χ1) is 41.4. The Hall–Kier alpha value is -9.71. The molecule has 4 heterocycles. The summed E-state index contributed by atoms with van der Waals surface area (Å²) >= 11 is -0.116. The molecule has 0 spiro atoms. The van der Waals surface area contributed by atoms with Crippen LogP contribution in [-0.4, -0.2) is 28.4 Å². The summed E-state index contributed by atoms with van der Waals surface area (Å²) in [4.78, 5) is 12.7. The number of aryl methyl sites for hydroxylation is 4. The molecule has 0 aliphatic carbocycles. The molecule has 0 atom stereocenters. The number of hydrogen-bond acceptors (Lipinski definition) is 5. The van der Waals surface area contributed by atoms with Gasteiger partial charge in [-0.1, -0.05) is 0 Å². The Labute approximate surface area is 499 Å². The van der Waals surface area contributed by atoms with Crippen LogP contribution in [0.1, 0.15) is 22.3 Å². The monoisotopic (exact) mass is 1140 g/mol. The fraction of sp³-hybridized carbons (Fsp3) is 0.0526. The van der Waals surface area contributed by atoms with E-state index in [-0.39, 0.29) is 28.4 Å². The molecular weight excluding hydrogens is 1080 g/mol. The Morgan fingerprint density at radius 3 is 1.05 bits per heavy atom. The first kappa shape index (κ1) is 50.1. The summed E-state index contributed by atoms with van der Waals surface area (Å²) in [7, 11) is 0. The summed E-state index contributed by atoms with van der Waals surface area (Å²) in [5.74, 6) is 0. The number of para-hydroxylation sites is 9. The SMILES string of the molecule is Cc1ccccc1N(c1cc2c3c(c1)N(c1ccccc1)c1ccccc1B3c1cc3c(cc1[Se]2)N(c1ccccc1)c1cc(N(c2ccccc2C)c2ccccc2C)cc2c1B3c1ccccc1N2c1ccccc1)c1ccccc1C. The number of hydrogen-bond donors (Lipinski definition) is 0. The zero-order chi connectivity index (χ0) is 56.2. The molecule has 0 saturated carbocycles. The van der Waals surface area contributed by atoms with Gasteiger partial charge < -0.3 is 0 Å². The van der Waals surface area contributed by atoms with E-state index in [4.69, 9.17) is 0 Å². The van der Waals surface area contributed by atoms with Crippen LogP contribution in [0.5, 0.6) is 0 Å². The maximum absolute atomic E-state index is 2.67. The van der Waals surface area contributed by atoms with E-state index in [1.807, 2.05) is 0 Å². The van der Waals surface area contributed by atoms with Gasteiger partial charge in [0.2, 0.25) is 0 Å². The Bertz CT molecular complexity index is 4500. The van der Waals surface area contributed by atoms with Crippen LogP contribution < -0.4 is 66.2 Å². The molecule has 4 aliphatic heterocycles. The van der Waals surface area contributed by atoms with Gasteiger partial charge in [0, 0.05) is 0 Å². The molecule has 84 heavy (non-hydrogen) atoms. The predicted molar refractivity (Wildman–Crippen MR) is 360 cm³/mol. The van der Waals surface area contributed by atoms with Crippen molar-refractivity contribution in [2.75, 3.05) is 24.5 Å². The van der Waals surface area contributed by atoms with Crippen molar-refractivity contribution in [2.45, 2.75) is 27.7 Å². The molecule has 0 fully saturated rings. The van der Waals surface area contributed by atoms with E-state index in [1.54, 1.807) is 0 Å². The van der Waals surface area contributed by atoms with Crippen LogP contribution >= 0.6 is 0 Å². The van der Waals surface area contributed by atoms with Crippen LogP contribution in [-0.2, 0) is 0 Å². The van der Waals surface area contributed by atoms with Gasteiger partial charge in [-0.2, -0.15) is 0 Å². The third kappa shape index (κ3) is 7.85. The zero-order valence-corrected chi connectivity index (χ0v) is 49.0. The summed E-state index contributed by atoms with van der Waals surface area (Å²) < 4.78 is 2.80. The summed E-state index contributed by atoms with van der Waals surface area (Å²) in [5, 5.41) is 0. The third-order valence-corrected chi connectivity index (χ3v) is 20.1. The summed E-state index contributed by atoms with van der Waals surface area (Å²) in [6.07, 6.45) is 0. The van der Waals surface area contributed by atoms with Crippen molar-refractivity contribution in [3.05, 3.63) is 295 Å². The van der Waals surface area contributed by atoms with Gasteiger partial charge in [-0.15, -0.1) is 0 Å². The Balaban J connectivity index is 0.991. The zero-order valence-electron chi connectivity index (χ0n) is 47.3. The Morgan fingerprint density at radius 1 is 0.274 bits per heavy atom. The standard InChI is InChI=1S/C76H57B2N5Se/c1-50-26-14-20-38-63(50)82(64-39-21-15-27-51(64)2)57-44-70-75-71(45-57)81(56-34-12-7-13-35-56)69-49-73-62(48-61(69)77(75)59-36-18-24-42-67(59)79(70)54-30-8-5-9-31-54)78-60-37-19-25-43-68(60)80(55-32-10-6-11-33-55)72-46-58(47-74(84-73)76(72)78)83(65-40-22-16-28-52(65)3)66-41-23-17-29-53(66)4/h5-49H,1-4H3. The molecular formula is C76H57B2N5Se. The van der Waals surface area contributed by atoms with Gasteiger partial charge in [0.15, 0.2) is 0 Å². The normalized spacial score (nSPS) is 13.1. The van der Waals surface area contributed by atoms with Crippen LogP contribution in [0.3, 0.4) is 0 Å². The van der Waals surface area contributed by atoms with E-state index in [2.05, 4.69) is 325 Å². The Kier molecular flexibility index (Phi) is 11.9. The molecule has 8 heteroatoms. The number of rotatable bonds is 9. The minimum atomic E-state index is -0.116. The van der Waals surface area contributed by atoms with E-state index in [0.29, 0.717) is 0 Å². The van der Waals surface area contributed by atoms with Gasteiger partial charge in [0.1, 0.15) is 0 Å². The molecule has 0 radical (unpaired) electrons. The van der Waals surface area contributed by atoms with Gasteiger partial charge in [-0.25, -0.2) is 0 Å². The Morgan fingerprint density at radius 2 is 0.619 bits per heavy atom. The van der Waals surface area contributed by atoms with E-state index in [0.717, 1.165) is 39.8 Å². The van der Waals surface area contributed by atoms with Crippen molar-refractivity contribution < 1.29 is 0 Å². The van der Waals surface area contributed by atoms with Crippen LogP contribution in [0, 0.1) is 27.7 Å². The maximum atomic E-state index is 2.67. The van der Waals surface area contributed by atoms with Crippen LogP contribution in [0.15, 0.2) is 273 Å². The minimum absolute atomic E-state index is 0.0219. The molecule has 398 valence electrons. The van der Waals surface area contributed by atoms with Gasteiger partial charge in [0.25, 0.3) is 0 Å². The van der Waals surface area contributed by atoms with Crippen LogP contribution in [0.2, 0.25) is 0 Å². The molecule has 0 aromatic heterocycles. The molecule has 12 aromatic rings. The topological polar surface area (TPSA) is 16.2 Å². The van der Waals surface area contributed by atoms with Gasteiger partial charge in [-0.3, -0.25) is 0 Å². The van der Waals surface area contributed by atoms with E-state index >= 15 is 0 Å². The van der Waals surface area contributed by atoms with Crippen molar-refractivity contribution in [3.8, 4) is 0 Å². The van der Waals surface area contributed by atoms with Crippen LogP contribution in [0.4, 0.5) is 85.3 Å². The van der Waals surface area contributed by atoms with Crippen LogP contribution in [0.25, 0.3) is 0 Å². The molecule has 0 unspecified atom stereocenters. The number of anilines is 15. The number of nitrogens with zero attached hydrogens (tertiary/aromatic N) is 5. The van der Waals surface area contributed by atoms with Gasteiger partial charge in [0.05, 0.1) is 0 Å². The summed E-state index contributed by atoms with van der Waals surface area (Å²) in [6.45, 7) is 8.85. The second kappa shape index (κ2) is 20.0. The third-order valence-electron chi connectivity index (χ3n) is 17.7. The molecule has 12 aromatic carbocycles. The summed E-state index contributed by atoms with van der Waals surface area (Å²) in [5.41, 5.74) is 30.4.